The van der Waals surface area contributed by atoms with Crippen molar-refractivity contribution in [1.82, 2.24) is 16.0 Å². The van der Waals surface area contributed by atoms with Gasteiger partial charge < -0.3 is 20.7 Å². The summed E-state index contributed by atoms with van der Waals surface area (Å²) in [5.41, 5.74) is -0.244. The molecule has 7 nitrogen and oxygen atoms in total. The second-order valence-corrected chi connectivity index (χ2v) is 8.33. The molecule has 0 bridgehead atoms. The predicted molar refractivity (Wildman–Crippen MR) is 111 cm³/mol. The number of halogens is 1. The van der Waals surface area contributed by atoms with E-state index >= 15 is 0 Å². The van der Waals surface area contributed by atoms with Gasteiger partial charge in [-0.1, -0.05) is 37.6 Å². The Kier molecular flexibility index (Phi) is 7.66. The van der Waals surface area contributed by atoms with Crippen LogP contribution in [-0.2, 0) is 19.9 Å². The number of amides is 2. The first-order valence-corrected chi connectivity index (χ1v) is 10.1. The minimum Gasteiger partial charge on any atom is -0.447 e. The topological polar surface area (TPSA) is 96.5 Å². The second kappa shape index (κ2) is 9.59. The average Bonchev–Trinajstić information content (AvgIpc) is 3.04. The summed E-state index contributed by atoms with van der Waals surface area (Å²) >= 11 is 6.02. The van der Waals surface area contributed by atoms with Gasteiger partial charge in [0.05, 0.1) is 17.7 Å². The van der Waals surface area contributed by atoms with E-state index in [9.17, 15) is 14.4 Å². The molecule has 1 fully saturated rings. The van der Waals surface area contributed by atoms with Gasteiger partial charge in [0.15, 0.2) is 5.78 Å². The summed E-state index contributed by atoms with van der Waals surface area (Å²) in [6.07, 6.45) is -0.477. The van der Waals surface area contributed by atoms with E-state index < -0.39 is 29.6 Å². The van der Waals surface area contributed by atoms with Gasteiger partial charge in [-0.3, -0.25) is 9.59 Å². The zero-order chi connectivity index (χ0) is 21.8. The molecular formula is C21H29ClN3O4. The third-order valence-electron chi connectivity index (χ3n) is 4.95. The van der Waals surface area contributed by atoms with E-state index in [1.807, 2.05) is 13.8 Å². The molecule has 1 aliphatic heterocycles. The van der Waals surface area contributed by atoms with Crippen molar-refractivity contribution in [3.63, 3.8) is 0 Å². The largest absolute Gasteiger partial charge is 0.447 e. The highest BCUT2D eigenvalue weighted by Crippen LogP contribution is 2.34. The van der Waals surface area contributed by atoms with Crippen molar-refractivity contribution in [2.45, 2.75) is 57.8 Å². The number of alkyl carbamates (subject to hydrolysis) is 1. The van der Waals surface area contributed by atoms with Crippen LogP contribution in [0.15, 0.2) is 24.3 Å². The first kappa shape index (κ1) is 23.2. The lowest BCUT2D eigenvalue weighted by atomic mass is 9.80. The molecule has 1 heterocycles. The van der Waals surface area contributed by atoms with Crippen LogP contribution in [0.2, 0.25) is 5.02 Å². The minimum absolute atomic E-state index is 0.194. The Morgan fingerprint density at radius 3 is 2.34 bits per heavy atom. The Balaban J connectivity index is 2.34. The highest BCUT2D eigenvalue weighted by molar-refractivity contribution is 6.30. The van der Waals surface area contributed by atoms with Gasteiger partial charge in [0.1, 0.15) is 6.04 Å². The van der Waals surface area contributed by atoms with Gasteiger partial charge in [-0.25, -0.2) is 4.79 Å². The average molecular weight is 423 g/mol. The van der Waals surface area contributed by atoms with Gasteiger partial charge in [-0.05, 0) is 50.4 Å². The summed E-state index contributed by atoms with van der Waals surface area (Å²) in [5, 5.41) is 9.33. The van der Waals surface area contributed by atoms with Crippen LogP contribution < -0.4 is 16.0 Å². The van der Waals surface area contributed by atoms with E-state index in [0.717, 1.165) is 5.56 Å². The van der Waals surface area contributed by atoms with Gasteiger partial charge in [0.25, 0.3) is 0 Å². The summed E-state index contributed by atoms with van der Waals surface area (Å²) in [7, 11) is 0. The van der Waals surface area contributed by atoms with E-state index in [1.165, 1.54) is 0 Å². The Morgan fingerprint density at radius 2 is 1.83 bits per heavy atom. The lowest BCUT2D eigenvalue weighted by Gasteiger charge is -2.37. The van der Waals surface area contributed by atoms with Crippen LogP contribution in [0.25, 0.3) is 0 Å². The van der Waals surface area contributed by atoms with E-state index in [1.54, 1.807) is 38.1 Å². The quantitative estimate of drug-likeness (QED) is 0.627. The van der Waals surface area contributed by atoms with Crippen LogP contribution in [0, 0.1) is 12.8 Å². The first-order chi connectivity index (χ1) is 13.6. The fraction of sp³-hybridized carbons (Fsp3) is 0.524. The molecule has 0 aliphatic carbocycles. The Labute approximate surface area is 176 Å². The van der Waals surface area contributed by atoms with Crippen molar-refractivity contribution < 1.29 is 19.1 Å². The van der Waals surface area contributed by atoms with E-state index in [-0.39, 0.29) is 17.8 Å². The number of benzene rings is 1. The van der Waals surface area contributed by atoms with E-state index in [2.05, 4.69) is 22.9 Å². The normalized spacial score (nSPS) is 22.4. The maximum absolute atomic E-state index is 13.2. The molecule has 0 spiro atoms. The fourth-order valence-corrected chi connectivity index (χ4v) is 3.72. The van der Waals surface area contributed by atoms with Crippen LogP contribution in [0.5, 0.6) is 0 Å². The van der Waals surface area contributed by atoms with Gasteiger partial charge in [-0.2, -0.15) is 0 Å². The summed E-state index contributed by atoms with van der Waals surface area (Å²) in [4.78, 5) is 37.5. The predicted octanol–water partition coefficient (Wildman–Crippen LogP) is 2.58. The zero-order valence-electron chi connectivity index (χ0n) is 17.3. The monoisotopic (exact) mass is 422 g/mol. The molecule has 2 rings (SSSR count). The third-order valence-corrected chi connectivity index (χ3v) is 5.21. The maximum atomic E-state index is 13.2. The molecule has 8 heteroatoms. The highest BCUT2D eigenvalue weighted by Gasteiger charge is 2.48. The second-order valence-electron chi connectivity index (χ2n) is 7.89. The molecule has 2 unspecified atom stereocenters. The van der Waals surface area contributed by atoms with Crippen molar-refractivity contribution >= 4 is 29.4 Å². The van der Waals surface area contributed by atoms with Crippen molar-refractivity contribution in [1.29, 1.82) is 0 Å². The molecule has 1 radical (unpaired) electrons. The molecule has 3 N–H and O–H groups in total. The zero-order valence-corrected chi connectivity index (χ0v) is 18.0. The van der Waals surface area contributed by atoms with Crippen LogP contribution in [0.4, 0.5) is 4.79 Å². The number of hydrogen-bond acceptors (Lipinski definition) is 5. The maximum Gasteiger partial charge on any atom is 0.408 e. The number of carbonyl (C=O) groups excluding carboxylic acids is 3. The number of rotatable bonds is 7. The number of carbonyl (C=O) groups is 3. The van der Waals surface area contributed by atoms with Crippen molar-refractivity contribution in [2.75, 3.05) is 6.54 Å². The van der Waals surface area contributed by atoms with Crippen LogP contribution >= 0.6 is 11.6 Å². The third kappa shape index (κ3) is 5.48. The number of Topliss-reactive ketones (excluding diaryl/α,β-unsaturated/α-hetero) is 1. The van der Waals surface area contributed by atoms with Crippen molar-refractivity contribution in [3.05, 3.63) is 41.8 Å². The number of ketones is 1. The molecule has 1 aromatic rings. The van der Waals surface area contributed by atoms with Crippen LogP contribution in [-0.4, -0.2) is 42.5 Å². The summed E-state index contributed by atoms with van der Waals surface area (Å²) in [6.45, 7) is 11.2. The van der Waals surface area contributed by atoms with Gasteiger partial charge >= 0.3 is 6.09 Å². The van der Waals surface area contributed by atoms with Crippen LogP contribution in [0.1, 0.15) is 39.7 Å². The number of nitrogens with one attached hydrogen (secondary N) is 3. The van der Waals surface area contributed by atoms with E-state index in [0.29, 0.717) is 18.0 Å². The Hall–Kier alpha value is -2.12. The summed E-state index contributed by atoms with van der Waals surface area (Å²) in [5.74, 6) is -0.920. The minimum atomic E-state index is -0.989. The molecule has 2 amide bonds. The molecule has 3 atom stereocenters. The smallest absolute Gasteiger partial charge is 0.408 e. The van der Waals surface area contributed by atoms with Crippen LogP contribution in [0.3, 0.4) is 0 Å². The van der Waals surface area contributed by atoms with E-state index in [4.69, 9.17) is 16.3 Å². The van der Waals surface area contributed by atoms with Gasteiger partial charge in [0.2, 0.25) is 5.91 Å². The molecule has 29 heavy (non-hydrogen) atoms. The van der Waals surface area contributed by atoms with Gasteiger partial charge in [-0.15, -0.1) is 0 Å². The van der Waals surface area contributed by atoms with Crippen molar-refractivity contribution in [2.24, 2.45) is 5.92 Å². The molecule has 0 saturated carbocycles. The first-order valence-electron chi connectivity index (χ1n) is 9.71. The lowest BCUT2D eigenvalue weighted by molar-refractivity contribution is -0.127. The Morgan fingerprint density at radius 1 is 1.21 bits per heavy atom. The molecule has 1 saturated heterocycles. The highest BCUT2D eigenvalue weighted by atomic mass is 35.5. The van der Waals surface area contributed by atoms with Gasteiger partial charge in [0, 0.05) is 11.9 Å². The number of hydrogen-bond donors (Lipinski definition) is 3. The number of ether oxygens (including phenoxy) is 1. The Bertz CT molecular complexity index is 751. The molecule has 0 aromatic heterocycles. The summed E-state index contributed by atoms with van der Waals surface area (Å²) < 4.78 is 5.11. The molecule has 159 valence electrons. The SMILES string of the molecule is [CH2]C(=O)[C@H]1NCCC1(NC(=O)C(NC(=O)OC(C)C)C(C)C)c1ccc(Cl)cc1. The standard InChI is InChI=1S/C21H29ClN3O4/c1-12(2)17(24-20(28)29-13(3)4)19(27)25-21(10-11-23-18(21)14(5)26)15-6-8-16(22)9-7-15/h6-9,12-13,17-18,23H,5,10-11H2,1-4H3,(H,24,28)(H,25,27)/t17?,18-,21?/m1/s1. The lowest BCUT2D eigenvalue weighted by Crippen LogP contribution is -2.61. The van der Waals surface area contributed by atoms with Crippen molar-refractivity contribution in [3.8, 4) is 0 Å². The molecular weight excluding hydrogens is 394 g/mol. The fourth-order valence-electron chi connectivity index (χ4n) is 3.59. The summed E-state index contributed by atoms with van der Waals surface area (Å²) in [6, 6.07) is 5.49. The molecule has 1 aliphatic rings. The molecule has 1 aromatic carbocycles.